The van der Waals surface area contributed by atoms with Gasteiger partial charge in [0.1, 0.15) is 5.54 Å². The molecule has 3 atom stereocenters. The summed E-state index contributed by atoms with van der Waals surface area (Å²) < 4.78 is 5.29. The molecule has 0 aromatic carbocycles. The minimum absolute atomic E-state index is 0.0607. The van der Waals surface area contributed by atoms with Gasteiger partial charge in [0.25, 0.3) is 0 Å². The lowest BCUT2D eigenvalue weighted by atomic mass is 9.78. The lowest BCUT2D eigenvalue weighted by Gasteiger charge is -2.42. The molecule has 4 nitrogen and oxygen atoms in total. The van der Waals surface area contributed by atoms with Crippen molar-refractivity contribution in [3.8, 4) is 0 Å². The Balaban J connectivity index is 2.03. The van der Waals surface area contributed by atoms with E-state index in [1.807, 2.05) is 14.0 Å². The molecule has 1 saturated heterocycles. The maximum Gasteiger partial charge on any atom is 0.326 e. The van der Waals surface area contributed by atoms with Crippen molar-refractivity contribution in [1.82, 2.24) is 10.2 Å². The summed E-state index contributed by atoms with van der Waals surface area (Å²) in [5, 5.41) is 3.27. The van der Waals surface area contributed by atoms with Gasteiger partial charge in [-0.3, -0.25) is 4.79 Å². The summed E-state index contributed by atoms with van der Waals surface area (Å²) in [5.41, 5.74) is -0.454. The molecular weight excluding hydrogens is 240 g/mol. The van der Waals surface area contributed by atoms with E-state index in [4.69, 9.17) is 4.74 Å². The van der Waals surface area contributed by atoms with Gasteiger partial charge in [-0.1, -0.05) is 6.92 Å². The van der Waals surface area contributed by atoms with E-state index in [0.29, 0.717) is 12.6 Å². The van der Waals surface area contributed by atoms with E-state index in [1.165, 1.54) is 25.9 Å². The van der Waals surface area contributed by atoms with Crippen LogP contribution in [0.2, 0.25) is 0 Å². The summed E-state index contributed by atoms with van der Waals surface area (Å²) in [6.07, 6.45) is 5.42. The van der Waals surface area contributed by atoms with Crippen LogP contribution in [0.4, 0.5) is 0 Å². The van der Waals surface area contributed by atoms with Crippen LogP contribution in [0.3, 0.4) is 0 Å². The number of likely N-dealkylation sites (tertiary alicyclic amines) is 1. The van der Waals surface area contributed by atoms with Crippen LogP contribution < -0.4 is 5.32 Å². The monoisotopic (exact) mass is 268 g/mol. The summed E-state index contributed by atoms with van der Waals surface area (Å²) in [7, 11) is 1.89. The zero-order valence-electron chi connectivity index (χ0n) is 12.6. The SMILES string of the molecule is CCOC(=O)C1(NC)CCCC(N2CCC(C)C2)C1. The van der Waals surface area contributed by atoms with Gasteiger partial charge in [0, 0.05) is 12.6 Å². The normalized spacial score (nSPS) is 36.4. The first-order valence-electron chi connectivity index (χ1n) is 7.71. The van der Waals surface area contributed by atoms with Crippen LogP contribution in [0.15, 0.2) is 0 Å². The third kappa shape index (κ3) is 3.11. The van der Waals surface area contributed by atoms with E-state index in [9.17, 15) is 4.79 Å². The second-order valence-corrected chi connectivity index (χ2v) is 6.19. The minimum atomic E-state index is -0.454. The van der Waals surface area contributed by atoms with Crippen molar-refractivity contribution >= 4 is 5.97 Å². The number of ether oxygens (including phenoxy) is 1. The van der Waals surface area contributed by atoms with Crippen molar-refractivity contribution in [3.63, 3.8) is 0 Å². The maximum atomic E-state index is 12.3. The van der Waals surface area contributed by atoms with Gasteiger partial charge in [0.2, 0.25) is 0 Å². The molecule has 3 unspecified atom stereocenters. The quantitative estimate of drug-likeness (QED) is 0.789. The molecule has 0 spiro atoms. The van der Waals surface area contributed by atoms with Gasteiger partial charge >= 0.3 is 5.97 Å². The lowest BCUT2D eigenvalue weighted by Crippen LogP contribution is -2.57. The Kier molecular flexibility index (Phi) is 4.85. The van der Waals surface area contributed by atoms with Crippen molar-refractivity contribution in [2.45, 2.75) is 57.5 Å². The number of hydrogen-bond donors (Lipinski definition) is 1. The Labute approximate surface area is 116 Å². The third-order valence-corrected chi connectivity index (χ3v) is 4.84. The molecule has 0 bridgehead atoms. The number of carbonyl (C=O) groups is 1. The van der Waals surface area contributed by atoms with Crippen LogP contribution in [0.1, 0.15) is 46.0 Å². The average molecular weight is 268 g/mol. The second-order valence-electron chi connectivity index (χ2n) is 6.19. The fourth-order valence-corrected chi connectivity index (χ4v) is 3.64. The first-order chi connectivity index (χ1) is 9.11. The van der Waals surface area contributed by atoms with Gasteiger partial charge in [0.05, 0.1) is 6.61 Å². The minimum Gasteiger partial charge on any atom is -0.465 e. The average Bonchev–Trinajstić information content (AvgIpc) is 2.86. The molecule has 0 amide bonds. The molecule has 2 fully saturated rings. The summed E-state index contributed by atoms with van der Waals surface area (Å²) >= 11 is 0. The first kappa shape index (κ1) is 14.8. The predicted molar refractivity (Wildman–Crippen MR) is 76.0 cm³/mol. The van der Waals surface area contributed by atoms with E-state index >= 15 is 0 Å². The molecular formula is C15H28N2O2. The van der Waals surface area contributed by atoms with Gasteiger partial charge in [0.15, 0.2) is 0 Å². The van der Waals surface area contributed by atoms with Gasteiger partial charge in [-0.2, -0.15) is 0 Å². The molecule has 2 rings (SSSR count). The molecule has 2 aliphatic rings. The smallest absolute Gasteiger partial charge is 0.326 e. The van der Waals surface area contributed by atoms with Crippen LogP contribution in [0, 0.1) is 5.92 Å². The fourth-order valence-electron chi connectivity index (χ4n) is 3.64. The zero-order chi connectivity index (χ0) is 13.9. The van der Waals surface area contributed by atoms with E-state index in [2.05, 4.69) is 17.1 Å². The standard InChI is InChI=1S/C15H28N2O2/c1-4-19-14(18)15(16-3)8-5-6-13(10-15)17-9-7-12(2)11-17/h12-13,16H,4-11H2,1-3H3. The van der Waals surface area contributed by atoms with Crippen LogP contribution in [-0.4, -0.2) is 49.2 Å². The number of nitrogens with zero attached hydrogens (tertiary/aromatic N) is 1. The Morgan fingerprint density at radius 3 is 2.84 bits per heavy atom. The number of hydrogen-bond acceptors (Lipinski definition) is 4. The number of carbonyl (C=O) groups excluding carboxylic acids is 1. The van der Waals surface area contributed by atoms with Crippen molar-refractivity contribution in [3.05, 3.63) is 0 Å². The Morgan fingerprint density at radius 2 is 2.26 bits per heavy atom. The molecule has 19 heavy (non-hydrogen) atoms. The van der Waals surface area contributed by atoms with Gasteiger partial charge < -0.3 is 15.0 Å². The molecule has 1 aliphatic heterocycles. The summed E-state index contributed by atoms with van der Waals surface area (Å²) in [4.78, 5) is 14.9. The van der Waals surface area contributed by atoms with E-state index < -0.39 is 5.54 Å². The molecule has 4 heteroatoms. The Morgan fingerprint density at radius 1 is 1.47 bits per heavy atom. The number of esters is 1. The highest BCUT2D eigenvalue weighted by molar-refractivity contribution is 5.81. The number of likely N-dealkylation sites (N-methyl/N-ethyl adjacent to an activating group) is 1. The Hall–Kier alpha value is -0.610. The van der Waals surface area contributed by atoms with Gasteiger partial charge in [-0.15, -0.1) is 0 Å². The van der Waals surface area contributed by atoms with E-state index in [1.54, 1.807) is 0 Å². The fraction of sp³-hybridized carbons (Fsp3) is 0.933. The molecule has 1 N–H and O–H groups in total. The molecule has 1 heterocycles. The third-order valence-electron chi connectivity index (χ3n) is 4.84. The van der Waals surface area contributed by atoms with Gasteiger partial charge in [-0.05, 0) is 58.5 Å². The second kappa shape index (κ2) is 6.23. The largest absolute Gasteiger partial charge is 0.465 e. The summed E-state index contributed by atoms with van der Waals surface area (Å²) in [5.74, 6) is 0.739. The molecule has 0 aromatic rings. The summed E-state index contributed by atoms with van der Waals surface area (Å²) in [6, 6.07) is 0.538. The summed E-state index contributed by atoms with van der Waals surface area (Å²) in [6.45, 7) is 7.04. The molecule has 1 aliphatic carbocycles. The van der Waals surface area contributed by atoms with Crippen LogP contribution >= 0.6 is 0 Å². The van der Waals surface area contributed by atoms with E-state index in [-0.39, 0.29) is 5.97 Å². The maximum absolute atomic E-state index is 12.3. The van der Waals surface area contributed by atoms with Crippen molar-refractivity contribution in [1.29, 1.82) is 0 Å². The van der Waals surface area contributed by atoms with Crippen LogP contribution in [0.5, 0.6) is 0 Å². The highest BCUT2D eigenvalue weighted by Gasteiger charge is 2.44. The van der Waals surface area contributed by atoms with E-state index in [0.717, 1.165) is 25.2 Å². The molecule has 0 aromatic heterocycles. The van der Waals surface area contributed by atoms with Crippen LogP contribution in [0.25, 0.3) is 0 Å². The van der Waals surface area contributed by atoms with Gasteiger partial charge in [-0.25, -0.2) is 0 Å². The highest BCUT2D eigenvalue weighted by Crippen LogP contribution is 2.34. The molecule has 1 saturated carbocycles. The number of nitrogens with one attached hydrogen (secondary N) is 1. The molecule has 110 valence electrons. The zero-order valence-corrected chi connectivity index (χ0v) is 12.6. The molecule has 0 radical (unpaired) electrons. The predicted octanol–water partition coefficient (Wildman–Crippen LogP) is 1.79. The van der Waals surface area contributed by atoms with Crippen molar-refractivity contribution in [2.75, 3.05) is 26.7 Å². The topological polar surface area (TPSA) is 41.6 Å². The van der Waals surface area contributed by atoms with Crippen LogP contribution in [-0.2, 0) is 9.53 Å². The van der Waals surface area contributed by atoms with Crippen molar-refractivity contribution in [2.24, 2.45) is 5.92 Å². The lowest BCUT2D eigenvalue weighted by molar-refractivity contribution is -0.153. The number of rotatable bonds is 4. The highest BCUT2D eigenvalue weighted by atomic mass is 16.5. The van der Waals surface area contributed by atoms with Crippen molar-refractivity contribution < 1.29 is 9.53 Å². The Bertz CT molecular complexity index is 321. The first-order valence-corrected chi connectivity index (χ1v) is 7.71.